The van der Waals surface area contributed by atoms with E-state index in [0.717, 1.165) is 27.6 Å². The highest BCUT2D eigenvalue weighted by molar-refractivity contribution is 6.30. The van der Waals surface area contributed by atoms with E-state index in [4.69, 9.17) is 17.3 Å². The molecule has 6 nitrogen and oxygen atoms in total. The lowest BCUT2D eigenvalue weighted by Gasteiger charge is -2.18. The second kappa shape index (κ2) is 6.90. The molecule has 1 unspecified atom stereocenters. The number of fused-ring (bicyclic) bond motifs is 1. The van der Waals surface area contributed by atoms with Crippen LogP contribution < -0.4 is 11.3 Å². The molecule has 7 heteroatoms. The average Bonchev–Trinajstić information content (AvgIpc) is 3.04. The highest BCUT2D eigenvalue weighted by atomic mass is 35.5. The molecular formula is C20H17ClN4O2. The third-order valence-electron chi connectivity index (χ3n) is 4.62. The standard InChI is InChI=1S/C20H17ClN4O2/c21-15-3-1-2-14(8-15)18(11-26)25-7-6-13(10-19(25)27)12-4-5-17-16(9-12)20(22)24-23-17/h1-10,18,26H,11H2,(H3,22,23,24). The SMILES string of the molecule is Nc1n[nH]c2ccc(-c3ccn(C(CO)c4cccc(Cl)c4)c(=O)c3)cc12. The van der Waals surface area contributed by atoms with Crippen molar-refractivity contribution in [3.8, 4) is 11.1 Å². The van der Waals surface area contributed by atoms with Crippen molar-refractivity contribution in [2.75, 3.05) is 12.3 Å². The Balaban J connectivity index is 1.75. The molecular weight excluding hydrogens is 364 g/mol. The summed E-state index contributed by atoms with van der Waals surface area (Å²) in [5.74, 6) is 0.418. The summed E-state index contributed by atoms with van der Waals surface area (Å²) in [7, 11) is 0. The Morgan fingerprint density at radius 1 is 1.15 bits per heavy atom. The molecule has 0 spiro atoms. The highest BCUT2D eigenvalue weighted by Gasteiger charge is 2.15. The first-order valence-electron chi connectivity index (χ1n) is 8.39. The second-order valence-electron chi connectivity index (χ2n) is 6.28. The second-order valence-corrected chi connectivity index (χ2v) is 6.72. The van der Waals surface area contributed by atoms with E-state index in [1.165, 1.54) is 4.57 Å². The quantitative estimate of drug-likeness (QED) is 0.506. The number of hydrogen-bond acceptors (Lipinski definition) is 4. The number of halogens is 1. The Labute approximate surface area is 159 Å². The van der Waals surface area contributed by atoms with E-state index in [2.05, 4.69) is 10.2 Å². The number of hydrogen-bond donors (Lipinski definition) is 3. The van der Waals surface area contributed by atoms with Crippen molar-refractivity contribution in [2.45, 2.75) is 6.04 Å². The molecule has 0 saturated heterocycles. The van der Waals surface area contributed by atoms with E-state index in [1.807, 2.05) is 30.3 Å². The van der Waals surface area contributed by atoms with Gasteiger partial charge in [-0.2, -0.15) is 5.10 Å². The summed E-state index contributed by atoms with van der Waals surface area (Å²) >= 11 is 6.04. The molecule has 4 aromatic rings. The van der Waals surface area contributed by atoms with Gasteiger partial charge in [0.2, 0.25) is 0 Å². The molecule has 0 saturated carbocycles. The fourth-order valence-corrected chi connectivity index (χ4v) is 3.41. The first kappa shape index (κ1) is 17.3. The normalized spacial score (nSPS) is 12.4. The first-order chi connectivity index (χ1) is 13.1. The number of nitrogens with zero attached hydrogens (tertiary/aromatic N) is 2. The van der Waals surface area contributed by atoms with Gasteiger partial charge in [0.15, 0.2) is 5.82 Å². The zero-order chi connectivity index (χ0) is 19.0. The first-order valence-corrected chi connectivity index (χ1v) is 8.77. The van der Waals surface area contributed by atoms with Crippen LogP contribution in [-0.2, 0) is 0 Å². The number of nitrogen functional groups attached to an aromatic ring is 1. The van der Waals surface area contributed by atoms with Gasteiger partial charge in [0.1, 0.15) is 0 Å². The number of aromatic nitrogens is 3. The van der Waals surface area contributed by atoms with E-state index in [9.17, 15) is 9.90 Å². The van der Waals surface area contributed by atoms with E-state index >= 15 is 0 Å². The maximum absolute atomic E-state index is 12.7. The third kappa shape index (κ3) is 3.20. The van der Waals surface area contributed by atoms with Gasteiger partial charge in [-0.05, 0) is 47.0 Å². The number of aliphatic hydroxyl groups excluding tert-OH is 1. The molecule has 2 heterocycles. The van der Waals surface area contributed by atoms with Crippen molar-refractivity contribution in [1.29, 1.82) is 0 Å². The van der Waals surface area contributed by atoms with Crippen LogP contribution >= 0.6 is 11.6 Å². The summed E-state index contributed by atoms with van der Waals surface area (Å²) in [6, 6.07) is 15.7. The van der Waals surface area contributed by atoms with Crippen molar-refractivity contribution < 1.29 is 5.11 Å². The van der Waals surface area contributed by atoms with Gasteiger partial charge in [-0.25, -0.2) is 0 Å². The Hall–Kier alpha value is -3.09. The van der Waals surface area contributed by atoms with Crippen LogP contribution in [0.5, 0.6) is 0 Å². The topological polar surface area (TPSA) is 96.9 Å². The minimum atomic E-state index is -0.503. The molecule has 1 atom stereocenters. The monoisotopic (exact) mass is 380 g/mol. The van der Waals surface area contributed by atoms with Crippen molar-refractivity contribution in [3.05, 3.63) is 81.7 Å². The van der Waals surface area contributed by atoms with Crippen molar-refractivity contribution in [1.82, 2.24) is 14.8 Å². The smallest absolute Gasteiger partial charge is 0.251 e. The molecule has 0 aliphatic carbocycles. The lowest BCUT2D eigenvalue weighted by atomic mass is 10.0. The van der Waals surface area contributed by atoms with E-state index in [-0.39, 0.29) is 12.2 Å². The van der Waals surface area contributed by atoms with Gasteiger partial charge in [-0.15, -0.1) is 0 Å². The zero-order valence-corrected chi connectivity index (χ0v) is 15.0. The Kier molecular flexibility index (Phi) is 4.43. The van der Waals surface area contributed by atoms with Gasteiger partial charge in [-0.1, -0.05) is 29.8 Å². The molecule has 0 aliphatic heterocycles. The molecule has 0 aliphatic rings. The Morgan fingerprint density at radius 3 is 2.70 bits per heavy atom. The van der Waals surface area contributed by atoms with Crippen LogP contribution in [0.1, 0.15) is 11.6 Å². The average molecular weight is 381 g/mol. The van der Waals surface area contributed by atoms with E-state index in [1.54, 1.807) is 30.5 Å². The zero-order valence-electron chi connectivity index (χ0n) is 14.3. The van der Waals surface area contributed by atoms with Crippen molar-refractivity contribution in [2.24, 2.45) is 0 Å². The van der Waals surface area contributed by atoms with E-state index in [0.29, 0.717) is 10.8 Å². The third-order valence-corrected chi connectivity index (χ3v) is 4.85. The van der Waals surface area contributed by atoms with Gasteiger partial charge in [0, 0.05) is 22.7 Å². The Bertz CT molecular complexity index is 1180. The maximum atomic E-state index is 12.7. The predicted octanol–water partition coefficient (Wildman–Crippen LogP) is 3.21. The van der Waals surface area contributed by atoms with Crippen LogP contribution in [0.25, 0.3) is 22.0 Å². The molecule has 0 radical (unpaired) electrons. The fourth-order valence-electron chi connectivity index (χ4n) is 3.21. The number of rotatable bonds is 4. The minimum absolute atomic E-state index is 0.211. The number of aliphatic hydroxyl groups is 1. The lowest BCUT2D eigenvalue weighted by Crippen LogP contribution is -2.26. The van der Waals surface area contributed by atoms with Crippen molar-refractivity contribution in [3.63, 3.8) is 0 Å². The molecule has 4 N–H and O–H groups in total. The van der Waals surface area contributed by atoms with Gasteiger partial charge in [0.25, 0.3) is 5.56 Å². The van der Waals surface area contributed by atoms with Gasteiger partial charge >= 0.3 is 0 Å². The number of anilines is 1. The van der Waals surface area contributed by atoms with Crippen LogP contribution in [0.2, 0.25) is 5.02 Å². The van der Waals surface area contributed by atoms with Gasteiger partial charge < -0.3 is 15.4 Å². The van der Waals surface area contributed by atoms with Crippen LogP contribution in [-0.4, -0.2) is 26.5 Å². The molecule has 27 heavy (non-hydrogen) atoms. The summed E-state index contributed by atoms with van der Waals surface area (Å²) < 4.78 is 1.50. The van der Waals surface area contributed by atoms with Gasteiger partial charge in [-0.3, -0.25) is 9.89 Å². The Morgan fingerprint density at radius 2 is 1.96 bits per heavy atom. The molecule has 0 fully saturated rings. The number of aromatic amines is 1. The number of H-pyrrole nitrogens is 1. The minimum Gasteiger partial charge on any atom is -0.394 e. The number of nitrogens with one attached hydrogen (secondary N) is 1. The molecule has 4 rings (SSSR count). The van der Waals surface area contributed by atoms with Crippen LogP contribution in [0.4, 0.5) is 5.82 Å². The molecule has 0 amide bonds. The molecule has 2 aromatic carbocycles. The summed E-state index contributed by atoms with van der Waals surface area (Å²) in [6.45, 7) is -0.211. The van der Waals surface area contributed by atoms with Crippen LogP contribution in [0.15, 0.2) is 65.6 Å². The van der Waals surface area contributed by atoms with E-state index < -0.39 is 6.04 Å². The molecule has 2 aromatic heterocycles. The predicted molar refractivity (Wildman–Crippen MR) is 107 cm³/mol. The van der Waals surface area contributed by atoms with Crippen molar-refractivity contribution >= 4 is 28.3 Å². The summed E-state index contributed by atoms with van der Waals surface area (Å²) in [6.07, 6.45) is 1.68. The number of pyridine rings is 1. The largest absolute Gasteiger partial charge is 0.394 e. The molecule has 0 bridgehead atoms. The fraction of sp³-hybridized carbons (Fsp3) is 0.100. The van der Waals surface area contributed by atoms with Gasteiger partial charge in [0.05, 0.1) is 18.2 Å². The van der Waals surface area contributed by atoms with Crippen LogP contribution in [0.3, 0.4) is 0 Å². The summed E-state index contributed by atoms with van der Waals surface area (Å²) in [5.41, 5.74) is 8.89. The highest BCUT2D eigenvalue weighted by Crippen LogP contribution is 2.26. The number of benzene rings is 2. The lowest BCUT2D eigenvalue weighted by molar-refractivity contribution is 0.247. The summed E-state index contributed by atoms with van der Waals surface area (Å²) in [4.78, 5) is 12.7. The molecule has 136 valence electrons. The number of nitrogens with two attached hydrogens (primary N) is 1. The maximum Gasteiger partial charge on any atom is 0.251 e. The summed E-state index contributed by atoms with van der Waals surface area (Å²) in [5, 5.41) is 18.0. The van der Waals surface area contributed by atoms with Crippen LogP contribution in [0, 0.1) is 0 Å².